The van der Waals surface area contributed by atoms with E-state index in [1.165, 1.54) is 7.05 Å². The van der Waals surface area contributed by atoms with Gasteiger partial charge in [0.1, 0.15) is 0 Å². The average Bonchev–Trinajstić information content (AvgIpc) is 1.93. The summed E-state index contributed by atoms with van der Waals surface area (Å²) in [6, 6.07) is 0. The Balaban J connectivity index is 2.81. The van der Waals surface area contributed by atoms with E-state index in [4.69, 9.17) is 10.5 Å². The third-order valence-corrected chi connectivity index (χ3v) is 1.30. The van der Waals surface area contributed by atoms with Gasteiger partial charge in [0, 0.05) is 13.2 Å². The Bertz CT molecular complexity index is 191. The van der Waals surface area contributed by atoms with Crippen molar-refractivity contribution in [3.63, 3.8) is 0 Å². The average molecular weight is 145 g/mol. The summed E-state index contributed by atoms with van der Waals surface area (Å²) in [6.45, 7) is 0. The zero-order valence-corrected chi connectivity index (χ0v) is 5.43. The van der Waals surface area contributed by atoms with E-state index < -0.39 is 12.2 Å². The zero-order chi connectivity index (χ0) is 7.72. The van der Waals surface area contributed by atoms with Gasteiger partial charge in [0.25, 0.3) is 0 Å². The summed E-state index contributed by atoms with van der Waals surface area (Å²) < 4.78 is 12.4. The van der Waals surface area contributed by atoms with E-state index in [9.17, 15) is 4.39 Å². The minimum atomic E-state index is -0.994. The smallest absolute Gasteiger partial charge is 0.205 e. The van der Waals surface area contributed by atoms with E-state index in [1.54, 1.807) is 0 Å². The first-order chi connectivity index (χ1) is 4.63. The number of nitrogens with zero attached hydrogens (tertiary/aromatic N) is 1. The summed E-state index contributed by atoms with van der Waals surface area (Å²) in [7, 11) is 1.42. The molecule has 5 heteroatoms. The summed E-state index contributed by atoms with van der Waals surface area (Å²) in [5.74, 6) is -0.987. The number of aliphatic hydroxyl groups is 1. The molecule has 0 aromatic rings. The summed E-state index contributed by atoms with van der Waals surface area (Å²) in [5.41, 5.74) is 0. The molecule has 3 N–H and O–H groups in total. The molecule has 0 radical (unpaired) electrons. The Labute approximate surface area is 57.5 Å². The lowest BCUT2D eigenvalue weighted by molar-refractivity contribution is 0.0442. The maximum atomic E-state index is 12.4. The molecule has 56 valence electrons. The molecule has 0 fully saturated rings. The molecule has 1 atom stereocenters. The number of nitrogens with one attached hydrogen (secondary N) is 2. The van der Waals surface area contributed by atoms with Gasteiger partial charge in [-0.25, -0.2) is 4.39 Å². The molecule has 0 saturated heterocycles. The monoisotopic (exact) mass is 145 g/mol. The molecular formula is C5H8FN3O. The Hall–Kier alpha value is -1.10. The first kappa shape index (κ1) is 7.01. The molecule has 1 aliphatic heterocycles. The number of halogens is 1. The van der Waals surface area contributed by atoms with E-state index >= 15 is 0 Å². The highest BCUT2D eigenvalue weighted by Gasteiger charge is 2.20. The fraction of sp³-hybridized carbons (Fsp3) is 0.400. The minimum Gasteiger partial charge on any atom is -0.356 e. The number of hydrogen-bond donors (Lipinski definition) is 3. The SMILES string of the molecule is CN1C(=N)C(F)=CNC1O. The lowest BCUT2D eigenvalue weighted by Crippen LogP contribution is -2.48. The summed E-state index contributed by atoms with van der Waals surface area (Å²) in [5, 5.41) is 18.3. The Morgan fingerprint density at radius 3 is 3.00 bits per heavy atom. The normalized spacial score (nSPS) is 25.9. The number of likely N-dealkylation sites (N-methyl/N-ethyl adjacent to an activating group) is 1. The van der Waals surface area contributed by atoms with Crippen molar-refractivity contribution in [3.8, 4) is 0 Å². The second-order valence-corrected chi connectivity index (χ2v) is 1.99. The molecule has 1 aliphatic rings. The first-order valence-electron chi connectivity index (χ1n) is 2.74. The molecule has 1 rings (SSSR count). The number of hydrogen-bond acceptors (Lipinski definition) is 3. The molecule has 0 aromatic heterocycles. The van der Waals surface area contributed by atoms with Gasteiger partial charge in [-0.2, -0.15) is 0 Å². The van der Waals surface area contributed by atoms with Crippen LogP contribution in [0.3, 0.4) is 0 Å². The minimum absolute atomic E-state index is 0.314. The van der Waals surface area contributed by atoms with Crippen LogP contribution < -0.4 is 5.32 Å². The van der Waals surface area contributed by atoms with Crippen molar-refractivity contribution < 1.29 is 9.50 Å². The molecule has 0 saturated carbocycles. The second kappa shape index (κ2) is 2.26. The van der Waals surface area contributed by atoms with Crippen LogP contribution in [-0.4, -0.2) is 29.2 Å². The summed E-state index contributed by atoms with van der Waals surface area (Å²) in [4.78, 5) is 1.08. The number of rotatable bonds is 0. The first-order valence-corrected chi connectivity index (χ1v) is 2.74. The van der Waals surface area contributed by atoms with Gasteiger partial charge in [-0.15, -0.1) is 0 Å². The van der Waals surface area contributed by atoms with E-state index in [2.05, 4.69) is 5.32 Å². The van der Waals surface area contributed by atoms with Crippen LogP contribution in [0.1, 0.15) is 0 Å². The molecule has 1 unspecified atom stereocenters. The van der Waals surface area contributed by atoms with Gasteiger partial charge < -0.3 is 15.3 Å². The highest BCUT2D eigenvalue weighted by Crippen LogP contribution is 2.07. The van der Waals surface area contributed by atoms with Crippen LogP contribution in [0.25, 0.3) is 0 Å². The highest BCUT2D eigenvalue weighted by molar-refractivity contribution is 5.94. The van der Waals surface area contributed by atoms with Gasteiger partial charge in [0.05, 0.1) is 0 Å². The third kappa shape index (κ3) is 0.950. The van der Waals surface area contributed by atoms with Gasteiger partial charge >= 0.3 is 0 Å². The van der Waals surface area contributed by atoms with Crippen molar-refractivity contribution >= 4 is 5.84 Å². The number of amidine groups is 1. The van der Waals surface area contributed by atoms with Crippen LogP contribution in [-0.2, 0) is 0 Å². The van der Waals surface area contributed by atoms with Crippen molar-refractivity contribution in [1.29, 1.82) is 5.41 Å². The van der Waals surface area contributed by atoms with E-state index in [1.807, 2.05) is 0 Å². The van der Waals surface area contributed by atoms with Gasteiger partial charge in [-0.3, -0.25) is 5.41 Å². The van der Waals surface area contributed by atoms with Crippen molar-refractivity contribution in [2.45, 2.75) is 6.35 Å². The molecule has 0 amide bonds. The highest BCUT2D eigenvalue weighted by atomic mass is 19.1. The molecule has 1 heterocycles. The molecular weight excluding hydrogens is 137 g/mol. The van der Waals surface area contributed by atoms with Crippen LogP contribution in [0.2, 0.25) is 0 Å². The van der Waals surface area contributed by atoms with E-state index in [-0.39, 0.29) is 5.84 Å². The van der Waals surface area contributed by atoms with Crippen molar-refractivity contribution in [2.75, 3.05) is 7.05 Å². The maximum absolute atomic E-state index is 12.4. The van der Waals surface area contributed by atoms with Crippen LogP contribution in [0.4, 0.5) is 4.39 Å². The van der Waals surface area contributed by atoms with E-state index in [0.29, 0.717) is 0 Å². The maximum Gasteiger partial charge on any atom is 0.205 e. The van der Waals surface area contributed by atoms with Crippen LogP contribution in [0.15, 0.2) is 12.0 Å². The molecule has 4 nitrogen and oxygen atoms in total. The topological polar surface area (TPSA) is 59.4 Å². The molecule has 0 bridgehead atoms. The van der Waals surface area contributed by atoms with Gasteiger partial charge in [-0.1, -0.05) is 0 Å². The van der Waals surface area contributed by atoms with E-state index in [0.717, 1.165) is 11.1 Å². The molecule has 0 aromatic carbocycles. The quantitative estimate of drug-likeness (QED) is 0.434. The lowest BCUT2D eigenvalue weighted by atomic mass is 10.4. The zero-order valence-electron chi connectivity index (χ0n) is 5.43. The summed E-state index contributed by atoms with van der Waals surface area (Å²) in [6.07, 6.45) is -0.0282. The summed E-state index contributed by atoms with van der Waals surface area (Å²) >= 11 is 0. The fourth-order valence-electron chi connectivity index (χ4n) is 0.619. The Kier molecular flexibility index (Phi) is 1.58. The molecule has 0 spiro atoms. The number of aliphatic hydroxyl groups excluding tert-OH is 1. The van der Waals surface area contributed by atoms with Crippen molar-refractivity contribution in [3.05, 3.63) is 12.0 Å². The van der Waals surface area contributed by atoms with Crippen LogP contribution in [0.5, 0.6) is 0 Å². The Morgan fingerprint density at radius 2 is 2.50 bits per heavy atom. The standard InChI is InChI=1S/C5H8FN3O/c1-9-4(7)3(6)2-8-5(9)10/h2,5,7-8,10H,1H3. The predicted molar refractivity (Wildman–Crippen MR) is 33.8 cm³/mol. The molecule has 0 aliphatic carbocycles. The van der Waals surface area contributed by atoms with Gasteiger partial charge in [-0.05, 0) is 0 Å². The van der Waals surface area contributed by atoms with Crippen molar-refractivity contribution in [1.82, 2.24) is 10.2 Å². The largest absolute Gasteiger partial charge is 0.356 e. The molecule has 10 heavy (non-hydrogen) atoms. The second-order valence-electron chi connectivity index (χ2n) is 1.99. The van der Waals surface area contributed by atoms with Crippen LogP contribution >= 0.6 is 0 Å². The third-order valence-electron chi connectivity index (χ3n) is 1.30. The Morgan fingerprint density at radius 1 is 1.90 bits per heavy atom. The van der Waals surface area contributed by atoms with Crippen LogP contribution in [0, 0.1) is 5.41 Å². The lowest BCUT2D eigenvalue weighted by Gasteiger charge is -2.28. The van der Waals surface area contributed by atoms with Crippen molar-refractivity contribution in [2.24, 2.45) is 0 Å². The van der Waals surface area contributed by atoms with Gasteiger partial charge in [0.2, 0.25) is 6.35 Å². The fourth-order valence-corrected chi connectivity index (χ4v) is 0.619. The van der Waals surface area contributed by atoms with Gasteiger partial charge in [0.15, 0.2) is 11.7 Å². The predicted octanol–water partition coefficient (Wildman–Crippen LogP) is -0.415.